The van der Waals surface area contributed by atoms with Crippen molar-refractivity contribution in [3.8, 4) is 0 Å². The van der Waals surface area contributed by atoms with E-state index in [1.54, 1.807) is 0 Å². The van der Waals surface area contributed by atoms with Gasteiger partial charge in [0, 0.05) is 5.54 Å². The zero-order chi connectivity index (χ0) is 5.78. The van der Waals surface area contributed by atoms with Gasteiger partial charge in [0.2, 0.25) is 0 Å². The number of nitrogens with two attached hydrogens (primary N) is 1. The maximum atomic E-state index is 5.93. The van der Waals surface area contributed by atoms with Crippen LogP contribution in [0.15, 0.2) is 0 Å². The number of fused-ring (bicyclic) bond motifs is 1. The Kier molecular flexibility index (Phi) is 0.663. The Morgan fingerprint density at radius 2 is 2.00 bits per heavy atom. The molecule has 0 saturated heterocycles. The van der Waals surface area contributed by atoms with Crippen molar-refractivity contribution in [3.05, 3.63) is 0 Å². The van der Waals surface area contributed by atoms with Crippen LogP contribution in [0.25, 0.3) is 0 Å². The van der Waals surface area contributed by atoms with E-state index in [0.717, 1.165) is 11.8 Å². The summed E-state index contributed by atoms with van der Waals surface area (Å²) in [5.74, 6) is 1.93. The number of hydrogen-bond donors (Lipinski definition) is 1. The predicted molar refractivity (Wildman–Crippen MR) is 33.4 cm³/mol. The summed E-state index contributed by atoms with van der Waals surface area (Å²) in [4.78, 5) is 0. The molecular formula is C7H13N. The van der Waals surface area contributed by atoms with Gasteiger partial charge in [-0.25, -0.2) is 0 Å². The normalized spacial score (nSPS) is 60.8. The number of hydrogen-bond acceptors (Lipinski definition) is 1. The van der Waals surface area contributed by atoms with Gasteiger partial charge in [0.05, 0.1) is 0 Å². The van der Waals surface area contributed by atoms with Gasteiger partial charge in [-0.2, -0.15) is 0 Å². The van der Waals surface area contributed by atoms with Crippen molar-refractivity contribution >= 4 is 0 Å². The molecule has 1 atom stereocenters. The van der Waals surface area contributed by atoms with E-state index in [0.29, 0.717) is 5.54 Å². The molecule has 3 fully saturated rings. The van der Waals surface area contributed by atoms with Crippen LogP contribution in [0, 0.1) is 11.8 Å². The smallest absolute Gasteiger partial charge is 0.0162 e. The van der Waals surface area contributed by atoms with Gasteiger partial charge >= 0.3 is 0 Å². The largest absolute Gasteiger partial charge is 0.325 e. The third kappa shape index (κ3) is 0.408. The van der Waals surface area contributed by atoms with Crippen LogP contribution in [0.4, 0.5) is 0 Å². The molecule has 46 valence electrons. The lowest BCUT2D eigenvalue weighted by atomic mass is 9.77. The lowest BCUT2D eigenvalue weighted by Gasteiger charge is -2.34. The van der Waals surface area contributed by atoms with E-state index in [1.807, 2.05) is 0 Å². The van der Waals surface area contributed by atoms with E-state index in [2.05, 4.69) is 6.92 Å². The highest BCUT2D eigenvalue weighted by Crippen LogP contribution is 2.53. The van der Waals surface area contributed by atoms with Gasteiger partial charge in [-0.15, -0.1) is 0 Å². The summed E-state index contributed by atoms with van der Waals surface area (Å²) >= 11 is 0. The summed E-state index contributed by atoms with van der Waals surface area (Å²) in [6.07, 6.45) is 3.92. The van der Waals surface area contributed by atoms with Crippen LogP contribution < -0.4 is 5.73 Å². The van der Waals surface area contributed by atoms with Gasteiger partial charge < -0.3 is 5.73 Å². The van der Waals surface area contributed by atoms with Gasteiger partial charge in [0.1, 0.15) is 0 Å². The second-order valence-corrected chi connectivity index (χ2v) is 3.71. The van der Waals surface area contributed by atoms with Crippen LogP contribution in [0.3, 0.4) is 0 Å². The monoisotopic (exact) mass is 111 g/mol. The zero-order valence-corrected chi connectivity index (χ0v) is 5.35. The van der Waals surface area contributed by atoms with E-state index in [9.17, 15) is 0 Å². The average molecular weight is 111 g/mol. The van der Waals surface area contributed by atoms with Crippen molar-refractivity contribution < 1.29 is 0 Å². The molecule has 0 aliphatic heterocycles. The quantitative estimate of drug-likeness (QED) is 0.498. The minimum absolute atomic E-state index is 0.310. The van der Waals surface area contributed by atoms with Gasteiger partial charge in [-0.1, -0.05) is 6.92 Å². The van der Waals surface area contributed by atoms with E-state index >= 15 is 0 Å². The Labute approximate surface area is 50.3 Å². The van der Waals surface area contributed by atoms with Crippen LogP contribution in [0.1, 0.15) is 26.2 Å². The third-order valence-electron chi connectivity index (χ3n) is 2.87. The summed E-state index contributed by atoms with van der Waals surface area (Å²) in [6.45, 7) is 2.33. The van der Waals surface area contributed by atoms with Gasteiger partial charge in [0.25, 0.3) is 0 Å². The highest BCUT2D eigenvalue weighted by Gasteiger charge is 2.51. The molecule has 1 unspecified atom stereocenters. The molecule has 0 amide bonds. The Morgan fingerprint density at radius 1 is 1.38 bits per heavy atom. The molecule has 2 N–H and O–H groups in total. The third-order valence-corrected chi connectivity index (χ3v) is 2.87. The Bertz CT molecular complexity index is 114. The Morgan fingerprint density at radius 3 is 2.12 bits per heavy atom. The lowest BCUT2D eigenvalue weighted by molar-refractivity contribution is 0.235. The average Bonchev–Trinajstić information content (AvgIpc) is 1.88. The second-order valence-electron chi connectivity index (χ2n) is 3.71. The molecule has 8 heavy (non-hydrogen) atoms. The van der Waals surface area contributed by atoms with Crippen molar-refractivity contribution in [2.45, 2.75) is 31.7 Å². The molecule has 0 radical (unpaired) electrons. The van der Waals surface area contributed by atoms with Crippen molar-refractivity contribution in [2.75, 3.05) is 0 Å². The molecule has 0 aromatic carbocycles. The molecule has 1 heteroatoms. The van der Waals surface area contributed by atoms with Crippen LogP contribution in [-0.4, -0.2) is 5.54 Å². The summed E-state index contributed by atoms with van der Waals surface area (Å²) in [5.41, 5.74) is 6.24. The van der Waals surface area contributed by atoms with Crippen LogP contribution in [0.5, 0.6) is 0 Å². The first-order valence-corrected chi connectivity index (χ1v) is 3.48. The molecule has 0 aromatic rings. The molecule has 0 aromatic heterocycles. The standard InChI is InChI=1S/C7H13N/c1-5-2-7(8)3-6(5)4-7/h5-6H,2-4,8H2,1H3. The molecule has 3 saturated carbocycles. The summed E-state index contributed by atoms with van der Waals surface area (Å²) in [5, 5.41) is 0. The lowest BCUT2D eigenvalue weighted by Crippen LogP contribution is -2.44. The van der Waals surface area contributed by atoms with Crippen molar-refractivity contribution in [2.24, 2.45) is 17.6 Å². The molecule has 0 heterocycles. The Hall–Kier alpha value is -0.0400. The second kappa shape index (κ2) is 1.10. The first-order chi connectivity index (χ1) is 3.70. The number of rotatable bonds is 0. The highest BCUT2D eigenvalue weighted by molar-refractivity contribution is 5.08. The van der Waals surface area contributed by atoms with Gasteiger partial charge in [-0.3, -0.25) is 0 Å². The first kappa shape index (κ1) is 4.80. The predicted octanol–water partition coefficient (Wildman–Crippen LogP) is 1.13. The van der Waals surface area contributed by atoms with Gasteiger partial charge in [0.15, 0.2) is 0 Å². The highest BCUT2D eigenvalue weighted by atomic mass is 14.8. The fourth-order valence-corrected chi connectivity index (χ4v) is 2.36. The Balaban J connectivity index is 2.17. The SMILES string of the molecule is CC1CC2(N)CC1C2. The van der Waals surface area contributed by atoms with E-state index < -0.39 is 0 Å². The van der Waals surface area contributed by atoms with E-state index in [4.69, 9.17) is 5.73 Å². The minimum Gasteiger partial charge on any atom is -0.325 e. The van der Waals surface area contributed by atoms with E-state index in [1.165, 1.54) is 19.3 Å². The molecular weight excluding hydrogens is 98.1 g/mol. The molecule has 2 bridgehead atoms. The maximum Gasteiger partial charge on any atom is 0.0162 e. The molecule has 3 aliphatic rings. The van der Waals surface area contributed by atoms with E-state index in [-0.39, 0.29) is 0 Å². The van der Waals surface area contributed by atoms with Crippen molar-refractivity contribution in [1.82, 2.24) is 0 Å². The first-order valence-electron chi connectivity index (χ1n) is 3.48. The van der Waals surface area contributed by atoms with Crippen molar-refractivity contribution in [1.29, 1.82) is 0 Å². The molecule has 3 aliphatic carbocycles. The van der Waals surface area contributed by atoms with Gasteiger partial charge in [-0.05, 0) is 31.1 Å². The fourth-order valence-electron chi connectivity index (χ4n) is 2.36. The molecule has 0 spiro atoms. The molecule has 3 rings (SSSR count). The summed E-state index contributed by atoms with van der Waals surface area (Å²) in [6, 6.07) is 0. The maximum absolute atomic E-state index is 5.93. The van der Waals surface area contributed by atoms with Crippen molar-refractivity contribution in [3.63, 3.8) is 0 Å². The topological polar surface area (TPSA) is 26.0 Å². The van der Waals surface area contributed by atoms with Crippen LogP contribution in [-0.2, 0) is 0 Å². The molecule has 1 nitrogen and oxygen atoms in total. The van der Waals surface area contributed by atoms with Crippen LogP contribution in [0.2, 0.25) is 0 Å². The fraction of sp³-hybridized carbons (Fsp3) is 1.00. The minimum atomic E-state index is 0.310. The summed E-state index contributed by atoms with van der Waals surface area (Å²) in [7, 11) is 0. The summed E-state index contributed by atoms with van der Waals surface area (Å²) < 4.78 is 0. The van der Waals surface area contributed by atoms with Crippen LogP contribution >= 0.6 is 0 Å². The zero-order valence-electron chi connectivity index (χ0n) is 5.35.